The third-order valence-electron chi connectivity index (χ3n) is 4.12. The van der Waals surface area contributed by atoms with Gasteiger partial charge in [-0.3, -0.25) is 30.1 Å². The zero-order valence-electron chi connectivity index (χ0n) is 14.6. The second-order valence-corrected chi connectivity index (χ2v) is 6.50. The molecule has 3 amide bonds. The molecule has 0 saturated heterocycles. The Morgan fingerprint density at radius 1 is 1.08 bits per heavy atom. The van der Waals surface area contributed by atoms with E-state index in [-0.39, 0.29) is 24.4 Å². The van der Waals surface area contributed by atoms with Crippen LogP contribution in [-0.2, 0) is 14.4 Å². The SMILES string of the molecule is CC(C)/C=C/C(NCC(=O)NO)C(=O)NC1CCCCC1C(=O)NO. The van der Waals surface area contributed by atoms with E-state index in [1.807, 2.05) is 19.9 Å². The average Bonchev–Trinajstić information content (AvgIpc) is 2.60. The summed E-state index contributed by atoms with van der Waals surface area (Å²) in [4.78, 5) is 35.5. The lowest BCUT2D eigenvalue weighted by atomic mass is 9.84. The maximum absolute atomic E-state index is 12.6. The van der Waals surface area contributed by atoms with Gasteiger partial charge in [0, 0.05) is 6.04 Å². The number of carbonyl (C=O) groups is 3. The van der Waals surface area contributed by atoms with Crippen LogP contribution in [0.1, 0.15) is 39.5 Å². The van der Waals surface area contributed by atoms with E-state index in [1.54, 1.807) is 11.6 Å². The summed E-state index contributed by atoms with van der Waals surface area (Å²) >= 11 is 0. The number of allylic oxidation sites excluding steroid dienone is 1. The molecule has 3 atom stereocenters. The fourth-order valence-electron chi connectivity index (χ4n) is 2.80. The number of carbonyl (C=O) groups excluding carboxylic acids is 3. The van der Waals surface area contributed by atoms with Gasteiger partial charge >= 0.3 is 0 Å². The minimum absolute atomic E-state index is 0.214. The number of hydrogen-bond acceptors (Lipinski definition) is 6. The molecule has 0 radical (unpaired) electrons. The molecule has 9 nitrogen and oxygen atoms in total. The molecule has 0 aromatic heterocycles. The molecule has 0 aromatic rings. The van der Waals surface area contributed by atoms with Crippen molar-refractivity contribution in [1.82, 2.24) is 21.6 Å². The molecule has 6 N–H and O–H groups in total. The number of hydroxylamine groups is 2. The molecule has 3 unspecified atom stereocenters. The van der Waals surface area contributed by atoms with Crippen molar-refractivity contribution in [3.8, 4) is 0 Å². The first-order valence-corrected chi connectivity index (χ1v) is 8.48. The molecule has 1 fully saturated rings. The van der Waals surface area contributed by atoms with Crippen LogP contribution in [0.4, 0.5) is 0 Å². The van der Waals surface area contributed by atoms with Crippen LogP contribution in [0.15, 0.2) is 12.2 Å². The van der Waals surface area contributed by atoms with Crippen LogP contribution in [0.25, 0.3) is 0 Å². The van der Waals surface area contributed by atoms with Gasteiger partial charge in [-0.05, 0) is 18.8 Å². The van der Waals surface area contributed by atoms with E-state index in [4.69, 9.17) is 10.4 Å². The van der Waals surface area contributed by atoms with Crippen LogP contribution in [0.3, 0.4) is 0 Å². The Hall–Kier alpha value is -1.97. The smallest absolute Gasteiger partial charge is 0.257 e. The summed E-state index contributed by atoms with van der Waals surface area (Å²) in [5, 5.41) is 23.0. The maximum atomic E-state index is 12.6. The molecule has 0 bridgehead atoms. The summed E-state index contributed by atoms with van der Waals surface area (Å²) in [5.41, 5.74) is 3.15. The Labute approximate surface area is 147 Å². The van der Waals surface area contributed by atoms with Crippen LogP contribution in [0.2, 0.25) is 0 Å². The first-order chi connectivity index (χ1) is 11.9. The van der Waals surface area contributed by atoms with E-state index in [0.29, 0.717) is 12.8 Å². The average molecular weight is 356 g/mol. The second-order valence-electron chi connectivity index (χ2n) is 6.50. The lowest BCUT2D eigenvalue weighted by Gasteiger charge is -2.31. The molecule has 1 aliphatic carbocycles. The van der Waals surface area contributed by atoms with Gasteiger partial charge in [0.2, 0.25) is 11.8 Å². The fourth-order valence-corrected chi connectivity index (χ4v) is 2.80. The predicted octanol–water partition coefficient (Wildman–Crippen LogP) is -0.157. The minimum atomic E-state index is -0.778. The Morgan fingerprint density at radius 2 is 1.76 bits per heavy atom. The summed E-state index contributed by atoms with van der Waals surface area (Å²) in [5.74, 6) is -1.81. The fraction of sp³-hybridized carbons (Fsp3) is 0.688. The second kappa shape index (κ2) is 10.8. The van der Waals surface area contributed by atoms with Crippen molar-refractivity contribution in [2.75, 3.05) is 6.54 Å². The largest absolute Gasteiger partial charge is 0.351 e. The molecule has 1 saturated carbocycles. The van der Waals surface area contributed by atoms with Crippen molar-refractivity contribution in [2.24, 2.45) is 11.8 Å². The van der Waals surface area contributed by atoms with Gasteiger partial charge in [0.15, 0.2) is 0 Å². The molecular weight excluding hydrogens is 328 g/mol. The van der Waals surface area contributed by atoms with Crippen LogP contribution >= 0.6 is 0 Å². The van der Waals surface area contributed by atoms with E-state index < -0.39 is 23.8 Å². The third kappa shape index (κ3) is 7.20. The van der Waals surface area contributed by atoms with Crippen molar-refractivity contribution >= 4 is 17.7 Å². The van der Waals surface area contributed by atoms with Crippen molar-refractivity contribution in [3.63, 3.8) is 0 Å². The monoisotopic (exact) mass is 356 g/mol. The number of amides is 3. The number of rotatable bonds is 8. The normalized spacial score (nSPS) is 21.8. The van der Waals surface area contributed by atoms with Gasteiger partial charge < -0.3 is 5.32 Å². The summed E-state index contributed by atoms with van der Waals surface area (Å²) in [6.07, 6.45) is 6.44. The van der Waals surface area contributed by atoms with Crippen molar-refractivity contribution in [1.29, 1.82) is 0 Å². The Balaban J connectivity index is 2.77. The highest BCUT2D eigenvalue weighted by atomic mass is 16.5. The van der Waals surface area contributed by atoms with Gasteiger partial charge in [-0.2, -0.15) is 0 Å². The standard InChI is InChI=1S/C16H28N4O5/c1-10(2)7-8-13(17-9-14(21)19-24)16(23)18-12-6-4-3-5-11(12)15(22)20-25/h7-8,10-13,17,24-25H,3-6,9H2,1-2H3,(H,18,23)(H,19,21)(H,20,22)/b8-7+. The summed E-state index contributed by atoms with van der Waals surface area (Å²) < 4.78 is 0. The van der Waals surface area contributed by atoms with Crippen molar-refractivity contribution in [2.45, 2.75) is 51.6 Å². The summed E-state index contributed by atoms with van der Waals surface area (Å²) in [7, 11) is 0. The predicted molar refractivity (Wildman–Crippen MR) is 89.5 cm³/mol. The van der Waals surface area contributed by atoms with Crippen LogP contribution in [-0.4, -0.2) is 46.8 Å². The first-order valence-electron chi connectivity index (χ1n) is 8.48. The zero-order valence-corrected chi connectivity index (χ0v) is 14.6. The van der Waals surface area contributed by atoms with E-state index in [1.165, 1.54) is 5.48 Å². The maximum Gasteiger partial charge on any atom is 0.257 e. The van der Waals surface area contributed by atoms with Gasteiger partial charge in [0.25, 0.3) is 5.91 Å². The third-order valence-corrected chi connectivity index (χ3v) is 4.12. The molecule has 9 heteroatoms. The molecule has 0 aromatic carbocycles. The van der Waals surface area contributed by atoms with Gasteiger partial charge in [-0.15, -0.1) is 0 Å². The highest BCUT2D eigenvalue weighted by Crippen LogP contribution is 2.24. The Morgan fingerprint density at radius 3 is 2.36 bits per heavy atom. The van der Waals surface area contributed by atoms with Gasteiger partial charge in [0.05, 0.1) is 12.5 Å². The van der Waals surface area contributed by atoms with E-state index in [2.05, 4.69) is 10.6 Å². The van der Waals surface area contributed by atoms with Gasteiger partial charge in [0.1, 0.15) is 6.04 Å². The van der Waals surface area contributed by atoms with E-state index >= 15 is 0 Å². The molecule has 1 aliphatic rings. The van der Waals surface area contributed by atoms with Crippen molar-refractivity contribution in [3.05, 3.63) is 12.2 Å². The molecule has 142 valence electrons. The summed E-state index contributed by atoms with van der Waals surface area (Å²) in [6, 6.07) is -1.16. The number of hydrogen-bond donors (Lipinski definition) is 6. The quantitative estimate of drug-likeness (QED) is 0.203. The van der Waals surface area contributed by atoms with Gasteiger partial charge in [-0.25, -0.2) is 11.0 Å². The van der Waals surface area contributed by atoms with E-state index in [0.717, 1.165) is 12.8 Å². The minimum Gasteiger partial charge on any atom is -0.351 e. The lowest BCUT2D eigenvalue weighted by molar-refractivity contribution is -0.136. The van der Waals surface area contributed by atoms with Crippen LogP contribution < -0.4 is 21.6 Å². The number of nitrogens with one attached hydrogen (secondary N) is 4. The molecule has 25 heavy (non-hydrogen) atoms. The van der Waals surface area contributed by atoms with E-state index in [9.17, 15) is 14.4 Å². The molecule has 0 spiro atoms. The molecule has 0 heterocycles. The Kier molecular flexibility index (Phi) is 9.11. The molecule has 1 rings (SSSR count). The Bertz CT molecular complexity index is 495. The van der Waals surface area contributed by atoms with Crippen LogP contribution in [0.5, 0.6) is 0 Å². The first kappa shape index (κ1) is 21.1. The van der Waals surface area contributed by atoms with Crippen molar-refractivity contribution < 1.29 is 24.8 Å². The zero-order chi connectivity index (χ0) is 18.8. The van der Waals surface area contributed by atoms with Crippen LogP contribution in [0, 0.1) is 11.8 Å². The topological polar surface area (TPSA) is 140 Å². The molecule has 0 aliphatic heterocycles. The highest BCUT2D eigenvalue weighted by molar-refractivity contribution is 5.86. The summed E-state index contributed by atoms with van der Waals surface area (Å²) in [6.45, 7) is 3.67. The lowest BCUT2D eigenvalue weighted by Crippen LogP contribution is -2.53. The highest BCUT2D eigenvalue weighted by Gasteiger charge is 2.33. The molecular formula is C16H28N4O5. The van der Waals surface area contributed by atoms with Gasteiger partial charge in [-0.1, -0.05) is 38.8 Å².